The second-order valence-electron chi connectivity index (χ2n) is 2.83. The van der Waals surface area contributed by atoms with Gasteiger partial charge in [0.25, 0.3) is 0 Å². The molecule has 0 fully saturated rings. The molecule has 0 N–H and O–H groups in total. The second kappa shape index (κ2) is 4.16. The van der Waals surface area contributed by atoms with Crippen LogP contribution in [0.4, 0.5) is 0 Å². The van der Waals surface area contributed by atoms with E-state index in [9.17, 15) is 4.79 Å². The lowest BCUT2D eigenvalue weighted by Gasteiger charge is -1.93. The van der Waals surface area contributed by atoms with Gasteiger partial charge in [0, 0.05) is 16.5 Å². The van der Waals surface area contributed by atoms with Crippen molar-refractivity contribution in [3.8, 4) is 0 Å². The molecule has 74 valence electrons. The van der Waals surface area contributed by atoms with Crippen LogP contribution in [-0.4, -0.2) is 12.4 Å². The van der Waals surface area contributed by atoms with Crippen molar-refractivity contribution in [1.82, 2.24) is 0 Å². The first-order valence-corrected chi connectivity index (χ1v) is 6.39. The largest absolute Gasteiger partial charge is 0.500 e. The SMILES string of the molecule is O=C(C1=COCC1)c1cc(Br)c(Br)s1. The molecule has 1 aliphatic rings. The van der Waals surface area contributed by atoms with Crippen molar-refractivity contribution in [2.24, 2.45) is 0 Å². The average molecular weight is 338 g/mol. The molecule has 2 nitrogen and oxygen atoms in total. The van der Waals surface area contributed by atoms with Crippen molar-refractivity contribution < 1.29 is 9.53 Å². The number of ether oxygens (including phenoxy) is 1. The molecule has 0 aliphatic carbocycles. The maximum Gasteiger partial charge on any atom is 0.202 e. The molecule has 0 aromatic carbocycles. The Labute approximate surface area is 102 Å². The monoisotopic (exact) mass is 336 g/mol. The summed E-state index contributed by atoms with van der Waals surface area (Å²) >= 11 is 8.15. The molecule has 0 atom stereocenters. The first kappa shape index (κ1) is 10.4. The van der Waals surface area contributed by atoms with Gasteiger partial charge in [-0.3, -0.25) is 4.79 Å². The molecule has 0 saturated carbocycles. The van der Waals surface area contributed by atoms with E-state index < -0.39 is 0 Å². The highest BCUT2D eigenvalue weighted by Crippen LogP contribution is 2.34. The zero-order valence-electron chi connectivity index (χ0n) is 7.05. The number of carbonyl (C=O) groups is 1. The Bertz CT molecular complexity index is 389. The van der Waals surface area contributed by atoms with Crippen LogP contribution >= 0.6 is 43.2 Å². The summed E-state index contributed by atoms with van der Waals surface area (Å²) in [5.74, 6) is 0.0684. The van der Waals surface area contributed by atoms with Crippen molar-refractivity contribution in [3.63, 3.8) is 0 Å². The Morgan fingerprint density at radius 3 is 2.79 bits per heavy atom. The summed E-state index contributed by atoms with van der Waals surface area (Å²) in [4.78, 5) is 12.6. The summed E-state index contributed by atoms with van der Waals surface area (Å²) in [6.45, 7) is 0.620. The fourth-order valence-corrected chi connectivity index (χ4v) is 3.18. The molecule has 2 rings (SSSR count). The second-order valence-corrected chi connectivity index (χ2v) is 6.05. The van der Waals surface area contributed by atoms with Gasteiger partial charge in [0.1, 0.15) is 0 Å². The van der Waals surface area contributed by atoms with Crippen LogP contribution in [0.2, 0.25) is 0 Å². The van der Waals surface area contributed by atoms with Crippen LogP contribution in [0.5, 0.6) is 0 Å². The van der Waals surface area contributed by atoms with Crippen molar-refractivity contribution in [2.75, 3.05) is 6.61 Å². The fraction of sp³-hybridized carbons (Fsp3) is 0.222. The molecule has 2 heterocycles. The highest BCUT2D eigenvalue weighted by Gasteiger charge is 2.19. The fourth-order valence-electron chi connectivity index (χ4n) is 1.17. The third-order valence-corrected chi connectivity index (χ3v) is 5.13. The van der Waals surface area contributed by atoms with E-state index in [1.807, 2.05) is 6.07 Å². The number of halogens is 2. The van der Waals surface area contributed by atoms with Crippen LogP contribution < -0.4 is 0 Å². The molecule has 0 amide bonds. The molecule has 0 spiro atoms. The zero-order valence-corrected chi connectivity index (χ0v) is 11.0. The van der Waals surface area contributed by atoms with E-state index in [0.717, 1.165) is 18.7 Å². The van der Waals surface area contributed by atoms with Gasteiger partial charge in [-0.05, 0) is 37.9 Å². The Morgan fingerprint density at radius 1 is 1.50 bits per heavy atom. The van der Waals surface area contributed by atoms with E-state index in [2.05, 4.69) is 31.9 Å². The Hall–Kier alpha value is -0.130. The van der Waals surface area contributed by atoms with Crippen molar-refractivity contribution in [2.45, 2.75) is 6.42 Å². The molecular formula is C9H6Br2O2S. The summed E-state index contributed by atoms with van der Waals surface area (Å²) in [5.41, 5.74) is 0.756. The summed E-state index contributed by atoms with van der Waals surface area (Å²) in [6.07, 6.45) is 2.27. The number of rotatable bonds is 2. The predicted octanol–water partition coefficient (Wildman–Crippen LogP) is 3.76. The van der Waals surface area contributed by atoms with Gasteiger partial charge >= 0.3 is 0 Å². The number of Topliss-reactive ketones (excluding diaryl/α,β-unsaturated/α-hetero) is 1. The molecule has 1 aromatic heterocycles. The first-order valence-electron chi connectivity index (χ1n) is 3.98. The number of hydrogen-bond donors (Lipinski definition) is 0. The molecule has 0 radical (unpaired) electrons. The molecule has 5 heteroatoms. The first-order chi connectivity index (χ1) is 6.68. The highest BCUT2D eigenvalue weighted by molar-refractivity contribution is 9.13. The lowest BCUT2D eigenvalue weighted by Crippen LogP contribution is -1.98. The van der Waals surface area contributed by atoms with Crippen LogP contribution in [-0.2, 0) is 4.74 Å². The van der Waals surface area contributed by atoms with Gasteiger partial charge in [-0.2, -0.15) is 0 Å². The standard InChI is InChI=1S/C9H6Br2O2S/c10-6-3-7(14-9(6)11)8(12)5-1-2-13-4-5/h3-4H,1-2H2. The molecule has 0 bridgehead atoms. The predicted molar refractivity (Wildman–Crippen MR) is 62.7 cm³/mol. The van der Waals surface area contributed by atoms with E-state index in [1.54, 1.807) is 6.26 Å². The van der Waals surface area contributed by atoms with Gasteiger partial charge in [-0.25, -0.2) is 0 Å². The maximum absolute atomic E-state index is 11.8. The van der Waals surface area contributed by atoms with Gasteiger partial charge in [0.2, 0.25) is 5.78 Å². The van der Waals surface area contributed by atoms with Gasteiger partial charge in [-0.15, -0.1) is 11.3 Å². The average Bonchev–Trinajstić information content (AvgIpc) is 2.76. The number of ketones is 1. The highest BCUT2D eigenvalue weighted by atomic mass is 79.9. The van der Waals surface area contributed by atoms with E-state index in [0.29, 0.717) is 13.0 Å². The van der Waals surface area contributed by atoms with Crippen LogP contribution in [0.3, 0.4) is 0 Å². The van der Waals surface area contributed by atoms with E-state index >= 15 is 0 Å². The molecule has 0 unspecified atom stereocenters. The summed E-state index contributed by atoms with van der Waals surface area (Å²) in [5, 5.41) is 0. The summed E-state index contributed by atoms with van der Waals surface area (Å²) in [6, 6.07) is 1.83. The van der Waals surface area contributed by atoms with E-state index in [1.165, 1.54) is 11.3 Å². The normalized spacial score (nSPS) is 15.1. The number of thiophene rings is 1. The molecule has 1 aromatic rings. The van der Waals surface area contributed by atoms with Gasteiger partial charge in [0.15, 0.2) is 0 Å². The van der Waals surface area contributed by atoms with Crippen LogP contribution in [0.15, 0.2) is 26.2 Å². The Morgan fingerprint density at radius 2 is 2.29 bits per heavy atom. The smallest absolute Gasteiger partial charge is 0.202 e. The van der Waals surface area contributed by atoms with Gasteiger partial charge < -0.3 is 4.74 Å². The van der Waals surface area contributed by atoms with E-state index in [-0.39, 0.29) is 5.78 Å². The third kappa shape index (κ3) is 1.94. The molecular weight excluding hydrogens is 332 g/mol. The van der Waals surface area contributed by atoms with Crippen LogP contribution in [0, 0.1) is 0 Å². The minimum atomic E-state index is 0.0684. The van der Waals surface area contributed by atoms with Crippen molar-refractivity contribution >= 4 is 49.0 Å². The molecule has 1 aliphatic heterocycles. The quantitative estimate of drug-likeness (QED) is 0.768. The third-order valence-electron chi connectivity index (χ3n) is 1.88. The van der Waals surface area contributed by atoms with E-state index in [4.69, 9.17) is 4.74 Å². The minimum absolute atomic E-state index is 0.0684. The number of hydrogen-bond acceptors (Lipinski definition) is 3. The van der Waals surface area contributed by atoms with Gasteiger partial charge in [-0.1, -0.05) is 0 Å². The Kier molecular flexibility index (Phi) is 3.09. The van der Waals surface area contributed by atoms with Crippen LogP contribution in [0.25, 0.3) is 0 Å². The minimum Gasteiger partial charge on any atom is -0.500 e. The molecule has 14 heavy (non-hydrogen) atoms. The topological polar surface area (TPSA) is 26.3 Å². The van der Waals surface area contributed by atoms with Gasteiger partial charge in [0.05, 0.1) is 21.5 Å². The maximum atomic E-state index is 11.8. The van der Waals surface area contributed by atoms with Crippen molar-refractivity contribution in [1.29, 1.82) is 0 Å². The Balaban J connectivity index is 2.26. The van der Waals surface area contributed by atoms with Crippen LogP contribution in [0.1, 0.15) is 16.1 Å². The lowest BCUT2D eigenvalue weighted by molar-refractivity contribution is 0.103. The summed E-state index contributed by atoms with van der Waals surface area (Å²) < 4.78 is 6.90. The zero-order chi connectivity index (χ0) is 10.1. The number of carbonyl (C=O) groups excluding carboxylic acids is 1. The van der Waals surface area contributed by atoms with Crippen molar-refractivity contribution in [3.05, 3.63) is 31.0 Å². The summed E-state index contributed by atoms with van der Waals surface area (Å²) in [7, 11) is 0. The molecule has 0 saturated heterocycles. The lowest BCUT2D eigenvalue weighted by atomic mass is 10.1.